The summed E-state index contributed by atoms with van der Waals surface area (Å²) in [6.45, 7) is 1.64. The molecule has 1 aliphatic heterocycles. The van der Waals surface area contributed by atoms with E-state index >= 15 is 0 Å². The fourth-order valence-electron chi connectivity index (χ4n) is 2.49. The first-order valence-corrected chi connectivity index (χ1v) is 5.91. The summed E-state index contributed by atoms with van der Waals surface area (Å²) >= 11 is 0. The van der Waals surface area contributed by atoms with Gasteiger partial charge >= 0.3 is 11.8 Å². The first kappa shape index (κ1) is 15.2. The summed E-state index contributed by atoms with van der Waals surface area (Å²) in [6, 6.07) is 0. The summed E-state index contributed by atoms with van der Waals surface area (Å²) in [4.78, 5) is 0. The Morgan fingerprint density at radius 3 is 2.10 bits per heavy atom. The lowest BCUT2D eigenvalue weighted by atomic mass is 9.73. The fraction of sp³-hybridized carbons (Fsp3) is 0.667. The number of piperidine rings is 1. The predicted octanol–water partition coefficient (Wildman–Crippen LogP) is 4.33. The Balaban J connectivity index is 2.74. The van der Waals surface area contributed by atoms with Crippen LogP contribution in [0.25, 0.3) is 0 Å². The average Bonchev–Trinajstić information content (AvgIpc) is 2.35. The van der Waals surface area contributed by atoms with Gasteiger partial charge in [0, 0.05) is 12.3 Å². The van der Waals surface area contributed by atoms with E-state index in [1.54, 1.807) is 0 Å². The Labute approximate surface area is 110 Å². The minimum Gasteiger partial charge on any atom is -0.230 e. The summed E-state index contributed by atoms with van der Waals surface area (Å²) < 4.78 is 98.2. The molecule has 0 spiro atoms. The Hall–Kier alpha value is -1.21. The second-order valence-corrected chi connectivity index (χ2v) is 5.24. The van der Waals surface area contributed by atoms with Crippen molar-refractivity contribution in [2.24, 2.45) is 5.92 Å². The molecule has 1 aliphatic carbocycles. The van der Waals surface area contributed by atoms with Gasteiger partial charge in [-0.05, 0) is 6.08 Å². The number of rotatable bonds is 1. The van der Waals surface area contributed by atoms with Gasteiger partial charge in [-0.1, -0.05) is 30.5 Å². The maximum absolute atomic E-state index is 14.4. The SMILES string of the molecule is CC(C)C1(F)N(F)C2=CC=CCC2(F)C(F)(F)C1(F)F. The Morgan fingerprint density at radius 1 is 1.05 bits per heavy atom. The van der Waals surface area contributed by atoms with Crippen LogP contribution in [0.2, 0.25) is 0 Å². The third-order valence-corrected chi connectivity index (χ3v) is 3.79. The van der Waals surface area contributed by atoms with Gasteiger partial charge in [0.25, 0.3) is 5.79 Å². The van der Waals surface area contributed by atoms with Crippen molar-refractivity contribution in [2.45, 2.75) is 43.6 Å². The second-order valence-electron chi connectivity index (χ2n) is 5.24. The van der Waals surface area contributed by atoms with Crippen LogP contribution >= 0.6 is 0 Å². The van der Waals surface area contributed by atoms with Crippen LogP contribution in [0.1, 0.15) is 20.3 Å². The van der Waals surface area contributed by atoms with Gasteiger partial charge in [-0.2, -0.15) is 22.7 Å². The van der Waals surface area contributed by atoms with Crippen molar-refractivity contribution in [1.29, 1.82) is 0 Å². The zero-order valence-corrected chi connectivity index (χ0v) is 10.6. The van der Waals surface area contributed by atoms with Gasteiger partial charge in [-0.25, -0.2) is 8.78 Å². The highest BCUT2D eigenvalue weighted by atomic mass is 19.3. The summed E-state index contributed by atoms with van der Waals surface area (Å²) in [7, 11) is 0. The summed E-state index contributed by atoms with van der Waals surface area (Å²) in [5, 5.41) is -1.18. The molecule has 1 saturated heterocycles. The maximum Gasteiger partial charge on any atom is 0.367 e. The topological polar surface area (TPSA) is 3.24 Å². The van der Waals surface area contributed by atoms with Gasteiger partial charge in [-0.15, -0.1) is 0 Å². The molecule has 0 amide bonds. The largest absolute Gasteiger partial charge is 0.367 e. The number of nitrogens with zero attached hydrogens (tertiary/aromatic N) is 1. The molecule has 2 aliphatic rings. The van der Waals surface area contributed by atoms with Gasteiger partial charge in [0.05, 0.1) is 5.70 Å². The number of hydrogen-bond donors (Lipinski definition) is 0. The van der Waals surface area contributed by atoms with E-state index in [2.05, 4.69) is 0 Å². The Bertz CT molecular complexity index is 484. The quantitative estimate of drug-likeness (QED) is 0.396. The zero-order chi connectivity index (χ0) is 15.6. The first-order chi connectivity index (χ1) is 8.94. The third kappa shape index (κ3) is 1.34. The number of allylic oxidation sites excluding steroid dienone is 4. The van der Waals surface area contributed by atoms with Crippen molar-refractivity contribution >= 4 is 0 Å². The van der Waals surface area contributed by atoms with Gasteiger partial charge in [0.15, 0.2) is 0 Å². The number of hydrogen-bond acceptors (Lipinski definition) is 1. The summed E-state index contributed by atoms with van der Waals surface area (Å²) in [6.07, 6.45) is 1.27. The molecule has 0 N–H and O–H groups in total. The highest BCUT2D eigenvalue weighted by Gasteiger charge is 2.86. The highest BCUT2D eigenvalue weighted by Crippen LogP contribution is 2.63. The first-order valence-electron chi connectivity index (χ1n) is 5.91. The van der Waals surface area contributed by atoms with E-state index in [4.69, 9.17) is 0 Å². The lowest BCUT2D eigenvalue weighted by Crippen LogP contribution is -2.76. The Kier molecular flexibility index (Phi) is 2.97. The molecule has 0 radical (unpaired) electrons. The van der Waals surface area contributed by atoms with Crippen LogP contribution in [0.15, 0.2) is 23.9 Å². The normalized spacial score (nSPS) is 38.7. The molecular weight excluding hydrogens is 291 g/mol. The molecule has 0 saturated carbocycles. The van der Waals surface area contributed by atoms with Gasteiger partial charge in [-0.3, -0.25) is 0 Å². The van der Waals surface area contributed by atoms with Crippen molar-refractivity contribution < 1.29 is 30.8 Å². The van der Waals surface area contributed by atoms with Crippen molar-refractivity contribution in [3.8, 4) is 0 Å². The van der Waals surface area contributed by atoms with Gasteiger partial charge in [0.2, 0.25) is 5.67 Å². The van der Waals surface area contributed by atoms with Crippen LogP contribution in [-0.4, -0.2) is 28.4 Å². The van der Waals surface area contributed by atoms with Gasteiger partial charge in [0.1, 0.15) is 0 Å². The lowest BCUT2D eigenvalue weighted by molar-refractivity contribution is -0.397. The third-order valence-electron chi connectivity index (χ3n) is 3.79. The number of halogens is 7. The predicted molar refractivity (Wildman–Crippen MR) is 57.2 cm³/mol. The molecular formula is C12H12F7N. The second kappa shape index (κ2) is 3.92. The molecule has 8 heteroatoms. The zero-order valence-electron chi connectivity index (χ0n) is 10.6. The van der Waals surface area contributed by atoms with E-state index in [1.807, 2.05) is 0 Å². The maximum atomic E-state index is 14.4. The molecule has 2 atom stereocenters. The van der Waals surface area contributed by atoms with E-state index in [1.165, 1.54) is 0 Å². The average molecular weight is 303 g/mol. The monoisotopic (exact) mass is 303 g/mol. The molecule has 2 rings (SSSR count). The standard InChI is InChI=1S/C12H12F7N/c1-7(2)10(14)12(17,18)11(15,16)9(13)6-4-3-5-8(9)20(10)19/h3-5,7H,6H2,1-2H3. The van der Waals surface area contributed by atoms with Crippen molar-refractivity contribution in [3.05, 3.63) is 23.9 Å². The molecule has 0 aromatic heterocycles. The van der Waals surface area contributed by atoms with Crippen LogP contribution in [0, 0.1) is 5.92 Å². The van der Waals surface area contributed by atoms with Crippen LogP contribution < -0.4 is 0 Å². The molecule has 0 aromatic carbocycles. The van der Waals surface area contributed by atoms with E-state index in [9.17, 15) is 30.8 Å². The molecule has 0 aromatic rings. The van der Waals surface area contributed by atoms with Crippen molar-refractivity contribution in [2.75, 3.05) is 0 Å². The molecule has 0 bridgehead atoms. The number of fused-ring (bicyclic) bond motifs is 1. The van der Waals surface area contributed by atoms with Gasteiger partial charge < -0.3 is 0 Å². The van der Waals surface area contributed by atoms with Crippen LogP contribution in [0.3, 0.4) is 0 Å². The van der Waals surface area contributed by atoms with Crippen molar-refractivity contribution in [1.82, 2.24) is 5.12 Å². The van der Waals surface area contributed by atoms with E-state index < -0.39 is 46.5 Å². The van der Waals surface area contributed by atoms with E-state index in [-0.39, 0.29) is 0 Å². The van der Waals surface area contributed by atoms with E-state index in [0.717, 1.165) is 26.0 Å². The smallest absolute Gasteiger partial charge is 0.230 e. The van der Waals surface area contributed by atoms with Crippen molar-refractivity contribution in [3.63, 3.8) is 0 Å². The minimum atomic E-state index is -5.53. The molecule has 114 valence electrons. The van der Waals surface area contributed by atoms with Crippen LogP contribution in [-0.2, 0) is 0 Å². The Morgan fingerprint density at radius 2 is 1.60 bits per heavy atom. The molecule has 1 nitrogen and oxygen atoms in total. The number of alkyl halides is 6. The molecule has 2 unspecified atom stereocenters. The highest BCUT2D eigenvalue weighted by molar-refractivity contribution is 5.37. The van der Waals surface area contributed by atoms with E-state index in [0.29, 0.717) is 6.08 Å². The molecule has 1 heterocycles. The minimum absolute atomic E-state index is 0.545. The summed E-state index contributed by atoms with van der Waals surface area (Å²) in [5.41, 5.74) is -5.41. The lowest BCUT2D eigenvalue weighted by Gasteiger charge is -2.54. The van der Waals surface area contributed by atoms with Crippen LogP contribution in [0.5, 0.6) is 0 Å². The fourth-order valence-corrected chi connectivity index (χ4v) is 2.49. The molecule has 20 heavy (non-hydrogen) atoms. The summed E-state index contributed by atoms with van der Waals surface area (Å²) in [5.74, 6) is -17.1. The molecule has 1 fully saturated rings. The van der Waals surface area contributed by atoms with Crippen LogP contribution in [0.4, 0.5) is 30.8 Å².